The van der Waals surface area contributed by atoms with E-state index in [1.165, 1.54) is 26.2 Å². The van der Waals surface area contributed by atoms with Crippen molar-refractivity contribution in [2.75, 3.05) is 26.8 Å². The summed E-state index contributed by atoms with van der Waals surface area (Å²) < 4.78 is 36.0. The average molecular weight is 395 g/mol. The molecule has 0 aliphatic carbocycles. The van der Waals surface area contributed by atoms with E-state index in [1.54, 1.807) is 12.1 Å². The zero-order valence-electron chi connectivity index (χ0n) is 15.9. The number of carbonyl (C=O) groups is 2. The predicted molar refractivity (Wildman–Crippen MR) is 99.5 cm³/mol. The number of hydrogen-bond acceptors (Lipinski definition) is 7. The van der Waals surface area contributed by atoms with Crippen molar-refractivity contribution in [2.45, 2.75) is 38.0 Å². The topological polar surface area (TPSA) is 90.0 Å². The van der Waals surface area contributed by atoms with Gasteiger partial charge in [-0.05, 0) is 38.3 Å². The van der Waals surface area contributed by atoms with Crippen LogP contribution in [0.25, 0.3) is 0 Å². The van der Waals surface area contributed by atoms with Gasteiger partial charge in [0.25, 0.3) is 0 Å². The minimum Gasteiger partial charge on any atom is -0.466 e. The summed E-state index contributed by atoms with van der Waals surface area (Å²) in [6, 6.07) is 6.37. The quantitative estimate of drug-likeness (QED) is 0.397. The Hall–Kier alpha value is -2.35. The second-order valence-corrected chi connectivity index (χ2v) is 8.25. The Balaban J connectivity index is 2.36. The molecule has 0 N–H and O–H groups in total. The van der Waals surface area contributed by atoms with E-state index in [2.05, 4.69) is 0 Å². The molecule has 0 saturated carbocycles. The number of methoxy groups -OCH3 is 1. The van der Waals surface area contributed by atoms with Gasteiger partial charge in [-0.1, -0.05) is 17.7 Å². The summed E-state index contributed by atoms with van der Waals surface area (Å²) in [7, 11) is -2.84. The fourth-order valence-corrected chi connectivity index (χ4v) is 4.59. The molecule has 1 fully saturated rings. The number of hydrogen-bond donors (Lipinski definition) is 0. The van der Waals surface area contributed by atoms with Gasteiger partial charge in [-0.15, -0.1) is 0 Å². The maximum atomic E-state index is 13.1. The Labute approximate surface area is 159 Å². The van der Waals surface area contributed by atoms with Crippen molar-refractivity contribution in [3.8, 4) is 0 Å². The molecule has 2 rings (SSSR count). The molecular weight excluding hydrogens is 370 g/mol. The van der Waals surface area contributed by atoms with Crippen molar-refractivity contribution in [1.82, 2.24) is 4.90 Å². The second-order valence-electron chi connectivity index (χ2n) is 6.37. The van der Waals surface area contributed by atoms with E-state index in [0.29, 0.717) is 31.6 Å². The smallest absolute Gasteiger partial charge is 0.351 e. The third-order valence-electron chi connectivity index (χ3n) is 4.33. The Morgan fingerprint density at radius 2 is 1.85 bits per heavy atom. The first-order valence-electron chi connectivity index (χ1n) is 8.79. The van der Waals surface area contributed by atoms with Gasteiger partial charge >= 0.3 is 11.9 Å². The molecule has 0 aromatic heterocycles. The maximum absolute atomic E-state index is 13.1. The molecule has 1 saturated heterocycles. The van der Waals surface area contributed by atoms with Crippen LogP contribution in [0.3, 0.4) is 0 Å². The van der Waals surface area contributed by atoms with Gasteiger partial charge in [-0.2, -0.15) is 0 Å². The SMILES string of the molecule is COC(=O)/C(=C1/CCCN1CCCOC(C)=O)S(=O)(=O)c1ccc(C)cc1. The second kappa shape index (κ2) is 9.03. The Morgan fingerprint density at radius 3 is 2.44 bits per heavy atom. The van der Waals surface area contributed by atoms with Crippen LogP contribution < -0.4 is 0 Å². The van der Waals surface area contributed by atoms with Crippen molar-refractivity contribution >= 4 is 21.8 Å². The van der Waals surface area contributed by atoms with Crippen molar-refractivity contribution < 1.29 is 27.5 Å². The van der Waals surface area contributed by atoms with Gasteiger partial charge in [-0.25, -0.2) is 13.2 Å². The van der Waals surface area contributed by atoms with Crippen LogP contribution in [0.4, 0.5) is 0 Å². The number of sulfone groups is 1. The zero-order chi connectivity index (χ0) is 20.0. The van der Waals surface area contributed by atoms with Crippen molar-refractivity contribution in [1.29, 1.82) is 0 Å². The Kier molecular flexibility index (Phi) is 7.01. The summed E-state index contributed by atoms with van der Waals surface area (Å²) in [4.78, 5) is 24.9. The van der Waals surface area contributed by atoms with Gasteiger partial charge in [0.15, 0.2) is 4.91 Å². The minimum absolute atomic E-state index is 0.0627. The van der Waals surface area contributed by atoms with E-state index in [1.807, 2.05) is 11.8 Å². The van der Waals surface area contributed by atoms with Gasteiger partial charge in [0.1, 0.15) is 0 Å². The highest BCUT2D eigenvalue weighted by Crippen LogP contribution is 2.31. The minimum atomic E-state index is -4.01. The number of aryl methyl sites for hydroxylation is 1. The van der Waals surface area contributed by atoms with Crippen LogP contribution in [0.1, 0.15) is 31.7 Å². The lowest BCUT2D eigenvalue weighted by molar-refractivity contribution is -0.141. The van der Waals surface area contributed by atoms with Crippen LogP contribution in [0.2, 0.25) is 0 Å². The summed E-state index contributed by atoms with van der Waals surface area (Å²) in [6.45, 7) is 4.58. The fraction of sp³-hybridized carbons (Fsp3) is 0.474. The first-order valence-corrected chi connectivity index (χ1v) is 10.3. The molecule has 0 amide bonds. The van der Waals surface area contributed by atoms with Crippen LogP contribution >= 0.6 is 0 Å². The molecule has 8 heteroatoms. The fourth-order valence-electron chi connectivity index (χ4n) is 3.02. The molecule has 1 aromatic carbocycles. The maximum Gasteiger partial charge on any atom is 0.351 e. The standard InChI is InChI=1S/C19H25NO6S/c1-14-7-9-16(10-8-14)27(23,24)18(19(22)25-3)17-6-4-11-20(17)12-5-13-26-15(2)21/h7-10H,4-6,11-13H2,1-3H3/b18-17+. The lowest BCUT2D eigenvalue weighted by Crippen LogP contribution is -2.26. The molecule has 0 spiro atoms. The van der Waals surface area contributed by atoms with Crippen molar-refractivity contribution in [2.24, 2.45) is 0 Å². The van der Waals surface area contributed by atoms with E-state index in [-0.39, 0.29) is 22.4 Å². The van der Waals surface area contributed by atoms with Gasteiger partial charge in [0.2, 0.25) is 9.84 Å². The summed E-state index contributed by atoms with van der Waals surface area (Å²) in [5.41, 5.74) is 1.39. The lowest BCUT2D eigenvalue weighted by Gasteiger charge is -2.22. The number of carbonyl (C=O) groups excluding carboxylic acids is 2. The monoisotopic (exact) mass is 395 g/mol. The summed E-state index contributed by atoms with van der Waals surface area (Å²) in [5.74, 6) is -1.22. The summed E-state index contributed by atoms with van der Waals surface area (Å²) in [5, 5.41) is 0. The largest absolute Gasteiger partial charge is 0.466 e. The van der Waals surface area contributed by atoms with E-state index >= 15 is 0 Å². The zero-order valence-corrected chi connectivity index (χ0v) is 16.7. The van der Waals surface area contributed by atoms with Crippen molar-refractivity contribution in [3.05, 3.63) is 40.4 Å². The van der Waals surface area contributed by atoms with E-state index in [9.17, 15) is 18.0 Å². The van der Waals surface area contributed by atoms with Gasteiger partial charge in [-0.3, -0.25) is 4.79 Å². The molecule has 27 heavy (non-hydrogen) atoms. The molecule has 1 aromatic rings. The summed E-state index contributed by atoms with van der Waals surface area (Å²) in [6.07, 6.45) is 1.76. The van der Waals surface area contributed by atoms with Crippen LogP contribution in [0.15, 0.2) is 39.8 Å². The Morgan fingerprint density at radius 1 is 1.19 bits per heavy atom. The van der Waals surface area contributed by atoms with E-state index in [0.717, 1.165) is 12.0 Å². The molecule has 1 aliphatic rings. The number of nitrogens with zero attached hydrogens (tertiary/aromatic N) is 1. The van der Waals surface area contributed by atoms with Gasteiger partial charge in [0.05, 0.1) is 18.6 Å². The third-order valence-corrected chi connectivity index (χ3v) is 6.17. The molecule has 0 radical (unpaired) electrons. The molecule has 0 unspecified atom stereocenters. The lowest BCUT2D eigenvalue weighted by atomic mass is 10.2. The molecule has 1 heterocycles. The first kappa shape index (κ1) is 21.0. The highest BCUT2D eigenvalue weighted by molar-refractivity contribution is 7.96. The first-order chi connectivity index (χ1) is 12.8. The van der Waals surface area contributed by atoms with E-state index in [4.69, 9.17) is 9.47 Å². The summed E-state index contributed by atoms with van der Waals surface area (Å²) >= 11 is 0. The molecule has 7 nitrogen and oxygen atoms in total. The molecular formula is C19H25NO6S. The van der Waals surface area contributed by atoms with Gasteiger partial charge < -0.3 is 14.4 Å². The van der Waals surface area contributed by atoms with Gasteiger partial charge in [0, 0.05) is 25.7 Å². The molecule has 148 valence electrons. The normalized spacial score (nSPS) is 16.2. The number of esters is 2. The number of ether oxygens (including phenoxy) is 2. The van der Waals surface area contributed by atoms with Crippen LogP contribution in [-0.4, -0.2) is 52.1 Å². The number of rotatable bonds is 7. The number of likely N-dealkylation sites (tertiary alicyclic amines) is 1. The Bertz CT molecular complexity index is 826. The number of allylic oxidation sites excluding steroid dienone is 1. The third kappa shape index (κ3) is 5.09. The molecule has 0 atom stereocenters. The average Bonchev–Trinajstić information content (AvgIpc) is 3.06. The van der Waals surface area contributed by atoms with Crippen LogP contribution in [-0.2, 0) is 28.9 Å². The molecule has 0 bridgehead atoms. The van der Waals surface area contributed by atoms with Crippen LogP contribution in [0.5, 0.6) is 0 Å². The van der Waals surface area contributed by atoms with Crippen molar-refractivity contribution in [3.63, 3.8) is 0 Å². The molecule has 1 aliphatic heterocycles. The highest BCUT2D eigenvalue weighted by atomic mass is 32.2. The predicted octanol–water partition coefficient (Wildman–Crippen LogP) is 2.20. The van der Waals surface area contributed by atoms with E-state index < -0.39 is 15.8 Å². The highest BCUT2D eigenvalue weighted by Gasteiger charge is 2.35. The van der Waals surface area contributed by atoms with Crippen LogP contribution in [0, 0.1) is 6.92 Å². The number of benzene rings is 1.